The van der Waals surface area contributed by atoms with Crippen molar-refractivity contribution in [1.82, 2.24) is 19.9 Å². The highest BCUT2D eigenvalue weighted by Gasteiger charge is 2.02. The molecular formula is C8H8N6OS. The predicted octanol–water partition coefficient (Wildman–Crippen LogP) is -0.00330. The van der Waals surface area contributed by atoms with E-state index in [9.17, 15) is 4.79 Å². The van der Waals surface area contributed by atoms with Gasteiger partial charge < -0.3 is 10.4 Å². The lowest BCUT2D eigenvalue weighted by molar-refractivity contribution is 0.928. The molecule has 0 aliphatic heterocycles. The van der Waals surface area contributed by atoms with Crippen LogP contribution in [0.15, 0.2) is 39.6 Å². The van der Waals surface area contributed by atoms with Crippen LogP contribution in [0.1, 0.15) is 0 Å². The Bertz CT molecular complexity index is 542. The highest BCUT2D eigenvalue weighted by molar-refractivity contribution is 7.99. The van der Waals surface area contributed by atoms with Crippen LogP contribution in [0.2, 0.25) is 0 Å². The molecule has 0 spiro atoms. The van der Waals surface area contributed by atoms with Crippen LogP contribution in [-0.2, 0) is 0 Å². The van der Waals surface area contributed by atoms with E-state index in [-0.39, 0.29) is 5.56 Å². The lowest BCUT2D eigenvalue weighted by Crippen LogP contribution is -2.09. The molecule has 8 heteroatoms. The molecule has 0 amide bonds. The van der Waals surface area contributed by atoms with E-state index in [0.29, 0.717) is 16.0 Å². The summed E-state index contributed by atoms with van der Waals surface area (Å²) in [7, 11) is 0. The molecule has 0 atom stereocenters. The third-order valence-electron chi connectivity index (χ3n) is 1.61. The van der Waals surface area contributed by atoms with Gasteiger partial charge in [-0.25, -0.2) is 15.8 Å². The van der Waals surface area contributed by atoms with E-state index in [1.54, 1.807) is 6.20 Å². The number of nitrogen functional groups attached to an aromatic ring is 1. The largest absolute Gasteiger partial charge is 0.307 e. The topological polar surface area (TPSA) is 110 Å². The van der Waals surface area contributed by atoms with Crippen LogP contribution >= 0.6 is 11.8 Å². The number of aromatic nitrogens is 4. The van der Waals surface area contributed by atoms with Crippen molar-refractivity contribution in [3.63, 3.8) is 0 Å². The highest BCUT2D eigenvalue weighted by Crippen LogP contribution is 2.21. The fourth-order valence-corrected chi connectivity index (χ4v) is 1.69. The van der Waals surface area contributed by atoms with Gasteiger partial charge in [-0.2, -0.15) is 0 Å². The van der Waals surface area contributed by atoms with E-state index in [2.05, 4.69) is 25.4 Å². The van der Waals surface area contributed by atoms with Crippen molar-refractivity contribution in [3.8, 4) is 0 Å². The van der Waals surface area contributed by atoms with E-state index >= 15 is 0 Å². The number of nitrogens with zero attached hydrogens (tertiary/aromatic N) is 3. The highest BCUT2D eigenvalue weighted by atomic mass is 32.2. The molecule has 2 rings (SSSR count). The molecule has 2 aromatic rings. The third kappa shape index (κ3) is 2.55. The maximum Gasteiger partial charge on any atom is 0.251 e. The first-order valence-electron chi connectivity index (χ1n) is 4.30. The summed E-state index contributed by atoms with van der Waals surface area (Å²) in [5, 5.41) is 1.04. The first kappa shape index (κ1) is 10.6. The average molecular weight is 236 g/mol. The van der Waals surface area contributed by atoms with Crippen molar-refractivity contribution >= 4 is 17.6 Å². The van der Waals surface area contributed by atoms with Crippen LogP contribution in [0.5, 0.6) is 0 Å². The molecule has 0 aliphatic carbocycles. The van der Waals surface area contributed by atoms with Crippen LogP contribution < -0.4 is 16.8 Å². The Morgan fingerprint density at radius 1 is 1.44 bits per heavy atom. The number of nitrogens with one attached hydrogen (secondary N) is 2. The summed E-state index contributed by atoms with van der Waals surface area (Å²) in [6.45, 7) is 0. The van der Waals surface area contributed by atoms with E-state index in [1.165, 1.54) is 30.2 Å². The second-order valence-corrected chi connectivity index (χ2v) is 3.74. The molecule has 2 heterocycles. The molecule has 4 N–H and O–H groups in total. The quantitative estimate of drug-likeness (QED) is 0.391. The SMILES string of the molecule is NNc1cncc(Sc2nccc(=O)[nH]2)n1. The van der Waals surface area contributed by atoms with Crippen LogP contribution in [0.3, 0.4) is 0 Å². The first-order chi connectivity index (χ1) is 7.78. The minimum Gasteiger partial charge on any atom is -0.307 e. The van der Waals surface area contributed by atoms with Crippen molar-refractivity contribution in [1.29, 1.82) is 0 Å². The van der Waals surface area contributed by atoms with Crippen LogP contribution in [0.4, 0.5) is 5.82 Å². The van der Waals surface area contributed by atoms with Gasteiger partial charge in [-0.1, -0.05) is 0 Å². The summed E-state index contributed by atoms with van der Waals surface area (Å²) in [5.41, 5.74) is 2.18. The molecule has 82 valence electrons. The number of hydrogen-bond donors (Lipinski definition) is 3. The molecule has 0 radical (unpaired) electrons. The Morgan fingerprint density at radius 3 is 3.06 bits per heavy atom. The van der Waals surface area contributed by atoms with Crippen molar-refractivity contribution < 1.29 is 0 Å². The molecule has 0 aromatic carbocycles. The zero-order valence-electron chi connectivity index (χ0n) is 8.04. The van der Waals surface area contributed by atoms with Crippen molar-refractivity contribution in [3.05, 3.63) is 35.0 Å². The molecule has 0 saturated carbocycles. The van der Waals surface area contributed by atoms with Gasteiger partial charge in [0.25, 0.3) is 5.56 Å². The molecule has 0 fully saturated rings. The Balaban J connectivity index is 2.23. The molecule has 2 aromatic heterocycles. The van der Waals surface area contributed by atoms with E-state index < -0.39 is 0 Å². The number of nitrogens with two attached hydrogens (primary N) is 1. The predicted molar refractivity (Wildman–Crippen MR) is 58.8 cm³/mol. The molecule has 0 aliphatic rings. The van der Waals surface area contributed by atoms with E-state index in [0.717, 1.165) is 0 Å². The standard InChI is InChI=1S/C8H8N6OS/c9-14-5-3-10-4-7(12-5)16-8-11-2-1-6(15)13-8/h1-4H,9H2,(H,12,14)(H,11,13,15). The van der Waals surface area contributed by atoms with Crippen LogP contribution in [-0.4, -0.2) is 19.9 Å². The van der Waals surface area contributed by atoms with Crippen LogP contribution in [0.25, 0.3) is 0 Å². The van der Waals surface area contributed by atoms with Gasteiger partial charge in [0.05, 0.1) is 12.4 Å². The van der Waals surface area contributed by atoms with Crippen molar-refractivity contribution in [2.75, 3.05) is 5.43 Å². The second kappa shape index (κ2) is 4.73. The number of hydrogen-bond acceptors (Lipinski definition) is 7. The number of hydrazine groups is 1. The minimum absolute atomic E-state index is 0.210. The first-order valence-corrected chi connectivity index (χ1v) is 5.11. The number of H-pyrrole nitrogens is 1. The Hall–Kier alpha value is -1.93. The van der Waals surface area contributed by atoms with Gasteiger partial charge in [0.1, 0.15) is 5.03 Å². The number of rotatable bonds is 3. The van der Waals surface area contributed by atoms with Crippen molar-refractivity contribution in [2.45, 2.75) is 10.2 Å². The Morgan fingerprint density at radius 2 is 2.31 bits per heavy atom. The van der Waals surface area contributed by atoms with Gasteiger partial charge in [0.15, 0.2) is 11.0 Å². The van der Waals surface area contributed by atoms with E-state index in [4.69, 9.17) is 5.84 Å². The van der Waals surface area contributed by atoms with Crippen molar-refractivity contribution in [2.24, 2.45) is 5.84 Å². The number of aromatic amines is 1. The van der Waals surface area contributed by atoms with Gasteiger partial charge in [-0.3, -0.25) is 9.78 Å². The van der Waals surface area contributed by atoms with Gasteiger partial charge >= 0.3 is 0 Å². The lowest BCUT2D eigenvalue weighted by atomic mass is 10.7. The summed E-state index contributed by atoms with van der Waals surface area (Å²) in [4.78, 5) is 25.6. The zero-order valence-corrected chi connectivity index (χ0v) is 8.86. The summed E-state index contributed by atoms with van der Waals surface area (Å²) in [5.74, 6) is 5.65. The fraction of sp³-hybridized carbons (Fsp3) is 0. The molecule has 16 heavy (non-hydrogen) atoms. The summed E-state index contributed by atoms with van der Waals surface area (Å²) in [6.07, 6.45) is 4.48. The molecule has 7 nitrogen and oxygen atoms in total. The van der Waals surface area contributed by atoms with Gasteiger partial charge in [-0.15, -0.1) is 0 Å². The van der Waals surface area contributed by atoms with Gasteiger partial charge in [0, 0.05) is 12.3 Å². The molecule has 0 bridgehead atoms. The molecule has 0 unspecified atom stereocenters. The third-order valence-corrected chi connectivity index (χ3v) is 2.42. The van der Waals surface area contributed by atoms with Gasteiger partial charge in [-0.05, 0) is 11.8 Å². The maximum absolute atomic E-state index is 11.0. The minimum atomic E-state index is -0.210. The molecule has 0 saturated heterocycles. The maximum atomic E-state index is 11.0. The smallest absolute Gasteiger partial charge is 0.251 e. The molecular weight excluding hydrogens is 228 g/mol. The zero-order chi connectivity index (χ0) is 11.4. The lowest BCUT2D eigenvalue weighted by Gasteiger charge is -2.01. The average Bonchev–Trinajstić information content (AvgIpc) is 2.29. The summed E-state index contributed by atoms with van der Waals surface area (Å²) < 4.78 is 0. The summed E-state index contributed by atoms with van der Waals surface area (Å²) in [6, 6.07) is 1.34. The Labute approximate surface area is 94.5 Å². The monoisotopic (exact) mass is 236 g/mol. The summed E-state index contributed by atoms with van der Waals surface area (Å²) >= 11 is 1.20. The normalized spacial score (nSPS) is 10.1. The van der Waals surface area contributed by atoms with Crippen LogP contribution in [0, 0.1) is 0 Å². The van der Waals surface area contributed by atoms with Gasteiger partial charge in [0.2, 0.25) is 0 Å². The Kier molecular flexibility index (Phi) is 3.13. The van der Waals surface area contributed by atoms with E-state index in [1.807, 2.05) is 0 Å². The number of anilines is 1. The second-order valence-electron chi connectivity index (χ2n) is 2.73. The fourth-order valence-electron chi connectivity index (χ4n) is 0.970.